The number of carbonyl (C=O) groups is 2. The van der Waals surface area contributed by atoms with Crippen LogP contribution in [-0.2, 0) is 23.2 Å². The molecule has 1 fully saturated rings. The van der Waals surface area contributed by atoms with Gasteiger partial charge in [0.1, 0.15) is 18.5 Å². The van der Waals surface area contributed by atoms with Crippen molar-refractivity contribution in [3.8, 4) is 5.75 Å². The molecule has 0 aromatic heterocycles. The molecule has 218 valence electrons. The Balaban J connectivity index is 0.000000191. The van der Waals surface area contributed by atoms with Crippen molar-refractivity contribution in [3.63, 3.8) is 0 Å². The molecule has 5 rings (SSSR count). The third kappa shape index (κ3) is 7.31. The first-order chi connectivity index (χ1) is 19.5. The van der Waals surface area contributed by atoms with Crippen molar-refractivity contribution in [2.75, 3.05) is 13.2 Å². The molecule has 1 aliphatic carbocycles. The van der Waals surface area contributed by atoms with E-state index >= 15 is 0 Å². The number of β-amino-alcohol motifs (C(OH)–C–C–N with tert-alkyl or cyclic N) is 1. The maximum absolute atomic E-state index is 12.3. The zero-order valence-electron chi connectivity index (χ0n) is 23.6. The van der Waals surface area contributed by atoms with E-state index in [1.807, 2.05) is 99.6 Å². The van der Waals surface area contributed by atoms with Gasteiger partial charge in [0.2, 0.25) is 0 Å². The number of aliphatic hydroxyl groups excluding tert-OH is 3. The van der Waals surface area contributed by atoms with Crippen LogP contribution in [0.25, 0.3) is 0 Å². The molecule has 3 aromatic rings. The highest BCUT2D eigenvalue weighted by Crippen LogP contribution is 2.32. The molecule has 1 heterocycles. The molecule has 9 heteroatoms. The lowest BCUT2D eigenvalue weighted by Gasteiger charge is -2.28. The van der Waals surface area contributed by atoms with E-state index in [2.05, 4.69) is 16.0 Å². The molecular formula is C32H39N3O6. The van der Waals surface area contributed by atoms with E-state index in [4.69, 9.17) is 4.74 Å². The Kier molecular flexibility index (Phi) is 9.45. The van der Waals surface area contributed by atoms with Gasteiger partial charge in [-0.1, -0.05) is 72.8 Å². The van der Waals surface area contributed by atoms with E-state index in [9.17, 15) is 24.9 Å². The third-order valence-corrected chi connectivity index (χ3v) is 7.10. The summed E-state index contributed by atoms with van der Waals surface area (Å²) in [7, 11) is 0. The minimum atomic E-state index is -1.14. The van der Waals surface area contributed by atoms with Crippen molar-refractivity contribution in [1.82, 2.24) is 16.0 Å². The fraction of sp³-hybridized carbons (Fsp3) is 0.375. The first-order valence-electron chi connectivity index (χ1n) is 13.8. The molecule has 3 amide bonds. The Bertz CT molecular complexity index is 1290. The first-order valence-corrected chi connectivity index (χ1v) is 13.8. The van der Waals surface area contributed by atoms with Crippen molar-refractivity contribution >= 4 is 11.9 Å². The molecule has 0 radical (unpaired) electrons. The van der Waals surface area contributed by atoms with Gasteiger partial charge < -0.3 is 30.7 Å². The van der Waals surface area contributed by atoms with Gasteiger partial charge in [-0.25, -0.2) is 4.79 Å². The Morgan fingerprint density at radius 3 is 2.02 bits per heavy atom. The van der Waals surface area contributed by atoms with Gasteiger partial charge in [-0.2, -0.15) is 0 Å². The Morgan fingerprint density at radius 2 is 1.49 bits per heavy atom. The second-order valence-electron chi connectivity index (χ2n) is 11.4. The summed E-state index contributed by atoms with van der Waals surface area (Å²) in [4.78, 5) is 23.9. The minimum absolute atomic E-state index is 0.0485. The van der Waals surface area contributed by atoms with E-state index in [1.165, 1.54) is 0 Å². The number of hydrogen-bond donors (Lipinski definition) is 6. The fourth-order valence-electron chi connectivity index (χ4n) is 4.95. The number of urea groups is 1. The molecule has 0 bridgehead atoms. The number of carbonyl (C=O) groups excluding carboxylic acids is 2. The maximum Gasteiger partial charge on any atom is 0.322 e. The lowest BCUT2D eigenvalue weighted by molar-refractivity contribution is -0.122. The standard InChI is InChI=1S/C17H27NO4.C15H12N2O2/c1-17(2,3)18-9-12(19)10-22-16-6-4-5-11-7-14(20)15(21)8-13(11)16;18-13-15(17-14(19)16-13,11-7-3-1-4-8-11)12-9-5-2-6-10-12/h4-6,12,14-15,18-21H,7-10H2,1-3H3;1-10H,(H2,16,17,18,19)/t12?,14-,15+;/m1./s1. The van der Waals surface area contributed by atoms with Crippen LogP contribution in [0.2, 0.25) is 0 Å². The highest BCUT2D eigenvalue weighted by atomic mass is 16.5. The maximum atomic E-state index is 12.3. The molecular weight excluding hydrogens is 522 g/mol. The normalized spacial score (nSPS) is 20.1. The van der Waals surface area contributed by atoms with Crippen LogP contribution in [0.15, 0.2) is 78.9 Å². The topological polar surface area (TPSA) is 140 Å². The third-order valence-electron chi connectivity index (χ3n) is 7.10. The average Bonchev–Trinajstić information content (AvgIpc) is 3.26. The van der Waals surface area contributed by atoms with Gasteiger partial charge in [0.05, 0.1) is 12.2 Å². The molecule has 6 N–H and O–H groups in total. The SMILES string of the molecule is CC(C)(C)NCC(O)COc1cccc2c1C[C@H](O)[C@H](O)C2.O=C1NC(=O)C(c2ccccc2)(c2ccccc2)N1. The molecule has 1 aliphatic heterocycles. The summed E-state index contributed by atoms with van der Waals surface area (Å²) in [6.45, 7) is 6.78. The van der Waals surface area contributed by atoms with Crippen LogP contribution in [0.3, 0.4) is 0 Å². The summed E-state index contributed by atoms with van der Waals surface area (Å²) in [6, 6.07) is 23.6. The van der Waals surface area contributed by atoms with E-state index < -0.39 is 29.9 Å². The smallest absolute Gasteiger partial charge is 0.322 e. The highest BCUT2D eigenvalue weighted by molar-refractivity contribution is 6.09. The van der Waals surface area contributed by atoms with E-state index in [-0.39, 0.29) is 18.1 Å². The van der Waals surface area contributed by atoms with Crippen LogP contribution in [0.1, 0.15) is 43.0 Å². The van der Waals surface area contributed by atoms with Crippen LogP contribution in [0, 0.1) is 0 Å². The van der Waals surface area contributed by atoms with Gasteiger partial charge in [-0.15, -0.1) is 0 Å². The Morgan fingerprint density at radius 1 is 0.902 bits per heavy atom. The number of nitrogens with one attached hydrogen (secondary N) is 3. The van der Waals surface area contributed by atoms with Crippen LogP contribution in [-0.4, -0.2) is 64.3 Å². The zero-order chi connectivity index (χ0) is 29.6. The minimum Gasteiger partial charge on any atom is -0.491 e. The molecule has 0 spiro atoms. The Labute approximate surface area is 240 Å². The van der Waals surface area contributed by atoms with Gasteiger partial charge >= 0.3 is 6.03 Å². The molecule has 0 saturated carbocycles. The van der Waals surface area contributed by atoms with E-state index in [1.54, 1.807) is 0 Å². The van der Waals surface area contributed by atoms with Crippen molar-refractivity contribution < 1.29 is 29.6 Å². The second kappa shape index (κ2) is 12.8. The zero-order valence-corrected chi connectivity index (χ0v) is 23.6. The molecule has 1 unspecified atom stereocenters. The second-order valence-corrected chi connectivity index (χ2v) is 11.4. The number of benzene rings is 3. The molecule has 9 nitrogen and oxygen atoms in total. The number of imide groups is 1. The van der Waals surface area contributed by atoms with Crippen molar-refractivity contribution in [1.29, 1.82) is 0 Å². The molecule has 3 aromatic carbocycles. The van der Waals surface area contributed by atoms with Crippen molar-refractivity contribution in [2.24, 2.45) is 0 Å². The number of rotatable bonds is 7. The monoisotopic (exact) mass is 561 g/mol. The summed E-state index contributed by atoms with van der Waals surface area (Å²) in [5.41, 5.74) is 2.22. The van der Waals surface area contributed by atoms with Gasteiger partial charge in [0.15, 0.2) is 5.54 Å². The van der Waals surface area contributed by atoms with E-state index in [0.717, 1.165) is 22.3 Å². The van der Waals surface area contributed by atoms with Crippen molar-refractivity contribution in [2.45, 2.75) is 63.0 Å². The summed E-state index contributed by atoms with van der Waals surface area (Å²) in [6.07, 6.45) is -1.27. The molecule has 3 atom stereocenters. The largest absolute Gasteiger partial charge is 0.491 e. The number of aliphatic hydroxyl groups is 3. The predicted octanol–water partition coefficient (Wildman–Crippen LogP) is 2.40. The van der Waals surface area contributed by atoms with Crippen molar-refractivity contribution in [3.05, 3.63) is 101 Å². The Hall–Kier alpha value is -3.76. The number of amides is 3. The highest BCUT2D eigenvalue weighted by Gasteiger charge is 2.49. The number of hydrogen-bond acceptors (Lipinski definition) is 7. The summed E-state index contributed by atoms with van der Waals surface area (Å²) >= 11 is 0. The lowest BCUT2D eigenvalue weighted by atomic mass is 9.83. The summed E-state index contributed by atoms with van der Waals surface area (Å²) in [5.74, 6) is 0.327. The van der Waals surface area contributed by atoms with Gasteiger partial charge in [-0.3, -0.25) is 10.1 Å². The lowest BCUT2D eigenvalue weighted by Crippen LogP contribution is -2.44. The van der Waals surface area contributed by atoms with Crippen LogP contribution in [0.4, 0.5) is 4.79 Å². The summed E-state index contributed by atoms with van der Waals surface area (Å²) < 4.78 is 5.73. The first kappa shape index (κ1) is 30.2. The van der Waals surface area contributed by atoms with Gasteiger partial charge in [-0.05, 0) is 43.5 Å². The van der Waals surface area contributed by atoms with Crippen LogP contribution < -0.4 is 20.7 Å². The fourth-order valence-corrected chi connectivity index (χ4v) is 4.95. The van der Waals surface area contributed by atoms with Gasteiger partial charge in [0, 0.05) is 30.5 Å². The van der Waals surface area contributed by atoms with Gasteiger partial charge in [0.25, 0.3) is 5.91 Å². The molecule has 2 aliphatic rings. The average molecular weight is 562 g/mol. The number of ether oxygens (including phenoxy) is 1. The number of fused-ring (bicyclic) bond motifs is 1. The van der Waals surface area contributed by atoms with Crippen LogP contribution >= 0.6 is 0 Å². The van der Waals surface area contributed by atoms with Crippen LogP contribution in [0.5, 0.6) is 5.75 Å². The quantitative estimate of drug-likeness (QED) is 0.244. The molecule has 1 saturated heterocycles. The molecule has 41 heavy (non-hydrogen) atoms. The van der Waals surface area contributed by atoms with E-state index in [0.29, 0.717) is 25.1 Å². The summed E-state index contributed by atoms with van der Waals surface area (Å²) in [5, 5.41) is 37.9. The predicted molar refractivity (Wildman–Crippen MR) is 155 cm³/mol.